The maximum Gasteiger partial charge on any atom is 0.331 e. The molecule has 0 aliphatic carbocycles. The zero-order valence-corrected chi connectivity index (χ0v) is 7.41. The molecule has 3 heteroatoms. The molecule has 0 spiro atoms. The van der Waals surface area contributed by atoms with Gasteiger partial charge in [0.1, 0.15) is 0 Å². The Bertz CT molecular complexity index is 188. The van der Waals surface area contributed by atoms with E-state index in [9.17, 15) is 4.79 Å². The summed E-state index contributed by atoms with van der Waals surface area (Å²) in [5.74, 6) is 1.33. The first-order valence-electron chi connectivity index (χ1n) is 3.71. The smallest absolute Gasteiger partial charge is 0.331 e. The molecule has 1 aliphatic rings. The van der Waals surface area contributed by atoms with E-state index >= 15 is 0 Å². The summed E-state index contributed by atoms with van der Waals surface area (Å²) < 4.78 is 0. The Morgan fingerprint density at radius 3 is 2.82 bits per heavy atom. The Morgan fingerprint density at radius 1 is 1.64 bits per heavy atom. The summed E-state index contributed by atoms with van der Waals surface area (Å²) in [6.45, 7) is 1.70. The van der Waals surface area contributed by atoms with Crippen LogP contribution in [0.2, 0.25) is 0 Å². The van der Waals surface area contributed by atoms with Crippen LogP contribution in [0.3, 0.4) is 0 Å². The van der Waals surface area contributed by atoms with Crippen LogP contribution in [-0.4, -0.2) is 22.6 Å². The molecule has 0 aromatic heterocycles. The normalized spacial score (nSPS) is 23.0. The van der Waals surface area contributed by atoms with Crippen molar-refractivity contribution in [3.05, 3.63) is 11.1 Å². The van der Waals surface area contributed by atoms with Crippen molar-refractivity contribution in [1.29, 1.82) is 0 Å². The first kappa shape index (κ1) is 8.65. The second-order valence-electron chi connectivity index (χ2n) is 2.69. The van der Waals surface area contributed by atoms with E-state index in [1.807, 2.05) is 11.8 Å². The molecule has 0 amide bonds. The first-order valence-corrected chi connectivity index (χ1v) is 4.87. The van der Waals surface area contributed by atoms with Gasteiger partial charge in [0, 0.05) is 11.3 Å². The molecule has 1 aliphatic heterocycles. The van der Waals surface area contributed by atoms with Crippen LogP contribution >= 0.6 is 11.8 Å². The monoisotopic (exact) mass is 172 g/mol. The number of carboxylic acids is 1. The van der Waals surface area contributed by atoms with Crippen LogP contribution in [0.25, 0.3) is 0 Å². The van der Waals surface area contributed by atoms with Gasteiger partial charge in [0.05, 0.1) is 0 Å². The lowest BCUT2D eigenvalue weighted by atomic mass is 10.1. The molecule has 0 saturated carbocycles. The molecule has 0 aromatic rings. The van der Waals surface area contributed by atoms with Crippen LogP contribution < -0.4 is 0 Å². The van der Waals surface area contributed by atoms with Gasteiger partial charge in [-0.15, -0.1) is 0 Å². The fourth-order valence-corrected chi connectivity index (χ4v) is 2.20. The number of carboxylic acid groups (broad SMARTS) is 1. The lowest BCUT2D eigenvalue weighted by molar-refractivity contribution is -0.132. The van der Waals surface area contributed by atoms with E-state index in [1.165, 1.54) is 5.75 Å². The third-order valence-corrected chi connectivity index (χ3v) is 3.02. The van der Waals surface area contributed by atoms with Crippen LogP contribution in [0.15, 0.2) is 11.1 Å². The molecule has 0 bridgehead atoms. The quantitative estimate of drug-likeness (QED) is 0.614. The Hall–Kier alpha value is -0.440. The first-order chi connectivity index (χ1) is 5.22. The predicted octanol–water partition coefficient (Wildman–Crippen LogP) is 1.91. The topological polar surface area (TPSA) is 37.3 Å². The molecular formula is C8H12O2S. The van der Waals surface area contributed by atoms with E-state index in [2.05, 4.69) is 0 Å². The third kappa shape index (κ3) is 2.26. The van der Waals surface area contributed by atoms with E-state index in [4.69, 9.17) is 5.11 Å². The van der Waals surface area contributed by atoms with Crippen molar-refractivity contribution >= 4 is 17.7 Å². The summed E-state index contributed by atoms with van der Waals surface area (Å²) in [4.78, 5) is 10.5. The Morgan fingerprint density at radius 2 is 2.36 bits per heavy atom. The summed E-state index contributed by atoms with van der Waals surface area (Å²) in [5.41, 5.74) is 1.67. The van der Waals surface area contributed by atoms with Crippen molar-refractivity contribution in [3.63, 3.8) is 0 Å². The van der Waals surface area contributed by atoms with E-state index in [0.29, 0.717) is 5.57 Å². The minimum Gasteiger partial charge on any atom is -0.478 e. The van der Waals surface area contributed by atoms with Crippen molar-refractivity contribution in [3.8, 4) is 0 Å². The minimum atomic E-state index is -0.762. The third-order valence-electron chi connectivity index (χ3n) is 1.89. The highest BCUT2D eigenvalue weighted by atomic mass is 32.2. The Labute approximate surface area is 70.7 Å². The summed E-state index contributed by atoms with van der Waals surface area (Å²) in [6, 6.07) is 0. The van der Waals surface area contributed by atoms with E-state index in [0.717, 1.165) is 24.2 Å². The Balaban J connectivity index is 2.68. The van der Waals surface area contributed by atoms with Crippen LogP contribution in [0.4, 0.5) is 0 Å². The van der Waals surface area contributed by atoms with Gasteiger partial charge in [-0.2, -0.15) is 11.8 Å². The molecular weight excluding hydrogens is 160 g/mol. The van der Waals surface area contributed by atoms with Gasteiger partial charge in [-0.25, -0.2) is 4.79 Å². The fourth-order valence-electron chi connectivity index (χ4n) is 1.10. The number of aliphatic carboxylic acids is 1. The number of thioether (sulfide) groups is 1. The largest absolute Gasteiger partial charge is 0.478 e. The van der Waals surface area contributed by atoms with Gasteiger partial charge < -0.3 is 5.11 Å². The highest BCUT2D eigenvalue weighted by Gasteiger charge is 2.12. The highest BCUT2D eigenvalue weighted by Crippen LogP contribution is 2.24. The molecule has 1 saturated heterocycles. The molecule has 0 unspecified atom stereocenters. The molecule has 11 heavy (non-hydrogen) atoms. The molecule has 0 aromatic carbocycles. The van der Waals surface area contributed by atoms with Crippen LogP contribution in [0, 0.1) is 0 Å². The molecule has 2 nitrogen and oxygen atoms in total. The number of rotatable bonds is 1. The maximum absolute atomic E-state index is 10.5. The van der Waals surface area contributed by atoms with Crippen molar-refractivity contribution in [1.82, 2.24) is 0 Å². The zero-order valence-electron chi connectivity index (χ0n) is 6.59. The van der Waals surface area contributed by atoms with E-state index in [1.54, 1.807) is 6.92 Å². The Kier molecular flexibility index (Phi) is 3.00. The van der Waals surface area contributed by atoms with Gasteiger partial charge in [-0.05, 0) is 25.5 Å². The van der Waals surface area contributed by atoms with Crippen molar-refractivity contribution in [2.75, 3.05) is 11.5 Å². The molecule has 1 rings (SSSR count). The second kappa shape index (κ2) is 3.81. The maximum atomic E-state index is 10.5. The molecule has 1 N–H and O–H groups in total. The van der Waals surface area contributed by atoms with Crippen molar-refractivity contribution in [2.45, 2.75) is 19.8 Å². The van der Waals surface area contributed by atoms with Crippen LogP contribution in [-0.2, 0) is 4.79 Å². The van der Waals surface area contributed by atoms with Crippen LogP contribution in [0.1, 0.15) is 19.8 Å². The summed E-state index contributed by atoms with van der Waals surface area (Å²) in [7, 11) is 0. The van der Waals surface area contributed by atoms with Gasteiger partial charge in [0.15, 0.2) is 0 Å². The molecule has 0 radical (unpaired) electrons. The lowest BCUT2D eigenvalue weighted by Crippen LogP contribution is -2.07. The van der Waals surface area contributed by atoms with Crippen molar-refractivity contribution in [2.24, 2.45) is 0 Å². The SMILES string of the molecule is CC(C(=O)O)=C1CCCSC1. The van der Waals surface area contributed by atoms with Gasteiger partial charge in [0.25, 0.3) is 0 Å². The van der Waals surface area contributed by atoms with Gasteiger partial charge in [0.2, 0.25) is 0 Å². The molecule has 0 atom stereocenters. The predicted molar refractivity (Wildman–Crippen MR) is 46.9 cm³/mol. The zero-order chi connectivity index (χ0) is 8.27. The minimum absolute atomic E-state index is 0.553. The average Bonchev–Trinajstić information content (AvgIpc) is 2.05. The molecule has 1 heterocycles. The molecule has 62 valence electrons. The number of hydrogen-bond acceptors (Lipinski definition) is 2. The van der Waals surface area contributed by atoms with Gasteiger partial charge >= 0.3 is 5.97 Å². The summed E-state index contributed by atoms with van der Waals surface area (Å²) >= 11 is 1.83. The second-order valence-corrected chi connectivity index (χ2v) is 3.80. The standard InChI is InChI=1S/C8H12O2S/c1-6(8(9)10)7-3-2-4-11-5-7/h2-5H2,1H3,(H,9,10). The molecule has 1 fully saturated rings. The summed E-state index contributed by atoms with van der Waals surface area (Å²) in [6.07, 6.45) is 2.11. The lowest BCUT2D eigenvalue weighted by Gasteiger charge is -2.14. The summed E-state index contributed by atoms with van der Waals surface area (Å²) in [5, 5.41) is 8.67. The van der Waals surface area contributed by atoms with E-state index < -0.39 is 5.97 Å². The van der Waals surface area contributed by atoms with Gasteiger partial charge in [-0.3, -0.25) is 0 Å². The average molecular weight is 172 g/mol. The number of hydrogen-bond donors (Lipinski definition) is 1. The van der Waals surface area contributed by atoms with Gasteiger partial charge in [-0.1, -0.05) is 5.57 Å². The van der Waals surface area contributed by atoms with Crippen molar-refractivity contribution < 1.29 is 9.90 Å². The van der Waals surface area contributed by atoms with Crippen LogP contribution in [0.5, 0.6) is 0 Å². The fraction of sp³-hybridized carbons (Fsp3) is 0.625. The number of carbonyl (C=O) groups is 1. The van der Waals surface area contributed by atoms with E-state index in [-0.39, 0.29) is 0 Å². The highest BCUT2D eigenvalue weighted by molar-refractivity contribution is 7.99.